The van der Waals surface area contributed by atoms with E-state index in [2.05, 4.69) is 0 Å². The lowest BCUT2D eigenvalue weighted by Gasteiger charge is -2.23. The molecule has 1 fully saturated rings. The predicted octanol–water partition coefficient (Wildman–Crippen LogP) is 1.61. The molecule has 4 nitrogen and oxygen atoms in total. The third-order valence-corrected chi connectivity index (χ3v) is 3.12. The first kappa shape index (κ1) is 11.4. The highest BCUT2D eigenvalue weighted by Crippen LogP contribution is 2.33. The second-order valence-electron chi connectivity index (χ2n) is 3.96. The van der Waals surface area contributed by atoms with Gasteiger partial charge in [-0.05, 0) is 24.1 Å². The summed E-state index contributed by atoms with van der Waals surface area (Å²) in [6.45, 7) is 1.02. The van der Waals surface area contributed by atoms with Crippen molar-refractivity contribution in [3.63, 3.8) is 0 Å². The van der Waals surface area contributed by atoms with Crippen LogP contribution in [0.4, 0.5) is 0 Å². The molecule has 1 unspecified atom stereocenters. The maximum absolute atomic E-state index is 10.8. The molecule has 86 valence electrons. The number of aromatic carboxylic acids is 1. The molecule has 1 saturated heterocycles. The maximum Gasteiger partial charge on any atom is 0.335 e. The Hall–Kier alpha value is -1.10. The molecule has 3 N–H and O–H groups in total. The highest BCUT2D eigenvalue weighted by atomic mass is 35.5. The first-order valence-corrected chi connectivity index (χ1v) is 5.31. The fraction of sp³-hybridized carbons (Fsp3) is 0.364. The van der Waals surface area contributed by atoms with E-state index in [1.807, 2.05) is 0 Å². The molecule has 1 heterocycles. The maximum atomic E-state index is 10.8. The van der Waals surface area contributed by atoms with E-state index in [0.717, 1.165) is 5.56 Å². The van der Waals surface area contributed by atoms with Gasteiger partial charge in [0, 0.05) is 11.6 Å². The summed E-state index contributed by atoms with van der Waals surface area (Å²) < 4.78 is 5.25. The van der Waals surface area contributed by atoms with Gasteiger partial charge in [-0.1, -0.05) is 17.7 Å². The molecule has 0 aliphatic carbocycles. The summed E-state index contributed by atoms with van der Waals surface area (Å²) in [5.74, 6) is -0.998. The van der Waals surface area contributed by atoms with Gasteiger partial charge in [0.25, 0.3) is 0 Å². The van der Waals surface area contributed by atoms with Crippen molar-refractivity contribution in [2.75, 3.05) is 13.2 Å². The molecule has 0 aromatic heterocycles. The molecule has 2 rings (SSSR count). The summed E-state index contributed by atoms with van der Waals surface area (Å²) >= 11 is 6.04. The molecule has 0 bridgehead atoms. The molecule has 0 amide bonds. The minimum atomic E-state index is -0.998. The number of carboxylic acids is 1. The van der Waals surface area contributed by atoms with Crippen molar-refractivity contribution in [2.45, 2.75) is 12.0 Å². The zero-order valence-corrected chi connectivity index (χ0v) is 9.33. The number of benzene rings is 1. The molecule has 1 aliphatic heterocycles. The smallest absolute Gasteiger partial charge is 0.335 e. The normalized spacial score (nSPS) is 24.6. The van der Waals surface area contributed by atoms with Gasteiger partial charge < -0.3 is 15.6 Å². The monoisotopic (exact) mass is 241 g/mol. The van der Waals surface area contributed by atoms with Crippen LogP contribution in [-0.4, -0.2) is 24.3 Å². The molecule has 16 heavy (non-hydrogen) atoms. The summed E-state index contributed by atoms with van der Waals surface area (Å²) in [6.07, 6.45) is 0.694. The van der Waals surface area contributed by atoms with Crippen LogP contribution in [0, 0.1) is 0 Å². The predicted molar refractivity (Wildman–Crippen MR) is 59.7 cm³/mol. The Morgan fingerprint density at radius 1 is 1.56 bits per heavy atom. The lowest BCUT2D eigenvalue weighted by molar-refractivity contribution is 0.0697. The van der Waals surface area contributed by atoms with Gasteiger partial charge in [-0.15, -0.1) is 0 Å². The van der Waals surface area contributed by atoms with E-state index in [-0.39, 0.29) is 5.56 Å². The Balaban J connectivity index is 2.39. The minimum Gasteiger partial charge on any atom is -0.478 e. The van der Waals surface area contributed by atoms with Crippen LogP contribution in [-0.2, 0) is 10.3 Å². The van der Waals surface area contributed by atoms with E-state index in [9.17, 15) is 4.79 Å². The Morgan fingerprint density at radius 2 is 2.31 bits per heavy atom. The molecule has 1 aliphatic rings. The molecule has 0 spiro atoms. The SMILES string of the molecule is NC1(c2ccc(C(=O)O)cc2Cl)CCOC1. The van der Waals surface area contributed by atoms with Crippen LogP contribution >= 0.6 is 11.6 Å². The standard InChI is InChI=1S/C11H12ClNO3/c12-9-5-7(10(14)15)1-2-8(9)11(13)3-4-16-6-11/h1-2,5H,3-4,6,13H2,(H,14,15). The van der Waals surface area contributed by atoms with Gasteiger partial charge in [-0.3, -0.25) is 0 Å². The Labute approximate surface area is 98.0 Å². The third-order valence-electron chi connectivity index (χ3n) is 2.80. The van der Waals surface area contributed by atoms with E-state index >= 15 is 0 Å². The zero-order valence-electron chi connectivity index (χ0n) is 8.57. The first-order chi connectivity index (χ1) is 7.53. The summed E-state index contributed by atoms with van der Waals surface area (Å²) in [5.41, 5.74) is 6.47. The third kappa shape index (κ3) is 1.91. The quantitative estimate of drug-likeness (QED) is 0.825. The molecule has 1 aromatic carbocycles. The van der Waals surface area contributed by atoms with Gasteiger partial charge in [-0.25, -0.2) is 4.79 Å². The molecule has 0 saturated carbocycles. The van der Waals surface area contributed by atoms with E-state index in [0.29, 0.717) is 24.7 Å². The summed E-state index contributed by atoms with van der Waals surface area (Å²) in [6, 6.07) is 4.60. The second kappa shape index (κ2) is 4.05. The molecule has 5 heteroatoms. The first-order valence-electron chi connectivity index (χ1n) is 4.93. The number of hydrogen-bond donors (Lipinski definition) is 2. The lowest BCUT2D eigenvalue weighted by Crippen LogP contribution is -2.37. The van der Waals surface area contributed by atoms with Gasteiger partial charge in [0.15, 0.2) is 0 Å². The van der Waals surface area contributed by atoms with Crippen molar-refractivity contribution < 1.29 is 14.6 Å². The molecule has 0 radical (unpaired) electrons. The molecular formula is C11H12ClNO3. The van der Waals surface area contributed by atoms with Crippen LogP contribution in [0.15, 0.2) is 18.2 Å². The highest BCUT2D eigenvalue weighted by Gasteiger charge is 2.34. The number of hydrogen-bond acceptors (Lipinski definition) is 3. The average Bonchev–Trinajstić information content (AvgIpc) is 2.65. The number of nitrogens with two attached hydrogens (primary N) is 1. The minimum absolute atomic E-state index is 0.163. The van der Waals surface area contributed by atoms with Gasteiger partial charge >= 0.3 is 5.97 Å². The second-order valence-corrected chi connectivity index (χ2v) is 4.37. The van der Waals surface area contributed by atoms with Gasteiger partial charge in [-0.2, -0.15) is 0 Å². The van der Waals surface area contributed by atoms with Crippen molar-refractivity contribution in [3.05, 3.63) is 34.3 Å². The molecular weight excluding hydrogens is 230 g/mol. The zero-order chi connectivity index (χ0) is 11.8. The van der Waals surface area contributed by atoms with Crippen LogP contribution in [0.25, 0.3) is 0 Å². The Morgan fingerprint density at radius 3 is 2.81 bits per heavy atom. The van der Waals surface area contributed by atoms with E-state index in [1.54, 1.807) is 6.07 Å². The fourth-order valence-corrected chi connectivity index (χ4v) is 2.21. The van der Waals surface area contributed by atoms with Gasteiger partial charge in [0.05, 0.1) is 17.7 Å². The van der Waals surface area contributed by atoms with Crippen molar-refractivity contribution >= 4 is 17.6 Å². The van der Waals surface area contributed by atoms with Crippen molar-refractivity contribution in [3.8, 4) is 0 Å². The van der Waals surface area contributed by atoms with Gasteiger partial charge in [0.1, 0.15) is 0 Å². The van der Waals surface area contributed by atoms with E-state index < -0.39 is 11.5 Å². The number of rotatable bonds is 2. The number of ether oxygens (including phenoxy) is 1. The van der Waals surface area contributed by atoms with Gasteiger partial charge in [0.2, 0.25) is 0 Å². The summed E-state index contributed by atoms with van der Waals surface area (Å²) in [7, 11) is 0. The largest absolute Gasteiger partial charge is 0.478 e. The van der Waals surface area contributed by atoms with Crippen LogP contribution in [0.2, 0.25) is 5.02 Å². The van der Waals surface area contributed by atoms with Crippen LogP contribution < -0.4 is 5.73 Å². The highest BCUT2D eigenvalue weighted by molar-refractivity contribution is 6.31. The number of carboxylic acid groups (broad SMARTS) is 1. The van der Waals surface area contributed by atoms with E-state index in [1.165, 1.54) is 12.1 Å². The lowest BCUT2D eigenvalue weighted by atomic mass is 9.90. The Bertz CT molecular complexity index is 427. The topological polar surface area (TPSA) is 72.6 Å². The number of carbonyl (C=O) groups is 1. The van der Waals surface area contributed by atoms with E-state index in [4.69, 9.17) is 27.2 Å². The van der Waals surface area contributed by atoms with Crippen molar-refractivity contribution in [1.82, 2.24) is 0 Å². The van der Waals surface area contributed by atoms with Crippen molar-refractivity contribution in [1.29, 1.82) is 0 Å². The fourth-order valence-electron chi connectivity index (χ4n) is 1.85. The molecule has 1 aromatic rings. The van der Waals surface area contributed by atoms with Crippen LogP contribution in [0.5, 0.6) is 0 Å². The Kier molecular flexibility index (Phi) is 2.88. The summed E-state index contributed by atoms with van der Waals surface area (Å²) in [5, 5.41) is 9.20. The number of halogens is 1. The summed E-state index contributed by atoms with van der Waals surface area (Å²) in [4.78, 5) is 10.8. The van der Waals surface area contributed by atoms with Crippen LogP contribution in [0.1, 0.15) is 22.3 Å². The van der Waals surface area contributed by atoms with Crippen LogP contribution in [0.3, 0.4) is 0 Å². The average molecular weight is 242 g/mol. The molecule has 1 atom stereocenters. The van der Waals surface area contributed by atoms with Crippen molar-refractivity contribution in [2.24, 2.45) is 5.73 Å².